The Labute approximate surface area is 155 Å². The van der Waals surface area contributed by atoms with Crippen LogP contribution in [0.3, 0.4) is 0 Å². The zero-order chi connectivity index (χ0) is 18.0. The van der Waals surface area contributed by atoms with Crippen molar-refractivity contribution in [3.05, 3.63) is 54.0 Å². The predicted octanol–water partition coefficient (Wildman–Crippen LogP) is 2.82. The van der Waals surface area contributed by atoms with E-state index in [4.69, 9.17) is 9.72 Å². The molecule has 138 valence electrons. The largest absolute Gasteiger partial charge is 0.390 e. The highest BCUT2D eigenvalue weighted by Crippen LogP contribution is 2.37. The van der Waals surface area contributed by atoms with Gasteiger partial charge in [-0.3, -0.25) is 0 Å². The highest BCUT2D eigenvalue weighted by molar-refractivity contribution is 5.41. The summed E-state index contributed by atoms with van der Waals surface area (Å²) in [6, 6.07) is 12.6. The van der Waals surface area contributed by atoms with Gasteiger partial charge in [0.2, 0.25) is 0 Å². The van der Waals surface area contributed by atoms with Gasteiger partial charge >= 0.3 is 0 Å². The van der Waals surface area contributed by atoms with Crippen LogP contribution in [0.5, 0.6) is 0 Å². The van der Waals surface area contributed by atoms with Crippen molar-refractivity contribution >= 4 is 5.82 Å². The van der Waals surface area contributed by atoms with Crippen LogP contribution in [0.1, 0.15) is 37.6 Å². The van der Waals surface area contributed by atoms with E-state index in [1.807, 2.05) is 37.4 Å². The number of aromatic nitrogens is 2. The van der Waals surface area contributed by atoms with Crippen molar-refractivity contribution in [3.8, 4) is 0 Å². The van der Waals surface area contributed by atoms with Gasteiger partial charge in [0.15, 0.2) is 0 Å². The van der Waals surface area contributed by atoms with Crippen molar-refractivity contribution in [3.63, 3.8) is 0 Å². The molecule has 2 saturated heterocycles. The minimum absolute atomic E-state index is 0.117. The van der Waals surface area contributed by atoms with Gasteiger partial charge in [-0.15, -0.1) is 0 Å². The fourth-order valence-electron chi connectivity index (χ4n) is 4.29. The molecule has 0 aliphatic carbocycles. The lowest BCUT2D eigenvalue weighted by molar-refractivity contribution is -0.108. The second kappa shape index (κ2) is 7.33. The first-order valence-corrected chi connectivity index (χ1v) is 9.56. The molecule has 26 heavy (non-hydrogen) atoms. The number of nitrogens with zero attached hydrogens (tertiary/aromatic N) is 3. The zero-order valence-electron chi connectivity index (χ0n) is 15.3. The van der Waals surface area contributed by atoms with E-state index in [1.54, 1.807) is 0 Å². The van der Waals surface area contributed by atoms with Crippen molar-refractivity contribution in [2.75, 3.05) is 24.7 Å². The van der Waals surface area contributed by atoms with E-state index in [1.165, 1.54) is 5.56 Å². The van der Waals surface area contributed by atoms with Crippen LogP contribution in [0.15, 0.2) is 42.6 Å². The highest BCUT2D eigenvalue weighted by atomic mass is 16.5. The lowest BCUT2D eigenvalue weighted by atomic mass is 9.79. The number of anilines is 1. The summed E-state index contributed by atoms with van der Waals surface area (Å²) in [5.41, 5.74) is 0.539. The SMILES string of the molecule is C[C@]1(O)CCOC[C@@H]1[C@H]1CCCN1c1ccnc(Cc2ccccc2)n1. The van der Waals surface area contributed by atoms with Gasteiger partial charge in [-0.1, -0.05) is 30.3 Å². The molecule has 3 atom stereocenters. The van der Waals surface area contributed by atoms with E-state index in [9.17, 15) is 5.11 Å². The number of hydrogen-bond acceptors (Lipinski definition) is 5. The Morgan fingerprint density at radius 1 is 1.27 bits per heavy atom. The third-order valence-electron chi connectivity index (χ3n) is 5.80. The van der Waals surface area contributed by atoms with Crippen molar-refractivity contribution in [2.45, 2.75) is 44.2 Å². The number of rotatable bonds is 4. The molecule has 0 bridgehead atoms. The van der Waals surface area contributed by atoms with E-state index in [0.717, 1.165) is 37.4 Å². The second-order valence-corrected chi connectivity index (χ2v) is 7.68. The van der Waals surface area contributed by atoms with Crippen LogP contribution in [0.4, 0.5) is 5.82 Å². The molecule has 4 rings (SSSR count). The minimum atomic E-state index is -0.675. The van der Waals surface area contributed by atoms with Gasteiger partial charge in [-0.05, 0) is 37.8 Å². The molecule has 1 aromatic carbocycles. The Balaban J connectivity index is 1.55. The maximum atomic E-state index is 10.9. The Morgan fingerprint density at radius 3 is 2.92 bits per heavy atom. The van der Waals surface area contributed by atoms with Crippen LogP contribution < -0.4 is 4.90 Å². The van der Waals surface area contributed by atoms with Crippen LogP contribution in [0, 0.1) is 5.92 Å². The molecular formula is C21H27N3O2. The van der Waals surface area contributed by atoms with Gasteiger partial charge in [-0.2, -0.15) is 0 Å². The Hall–Kier alpha value is -1.98. The normalized spacial score (nSPS) is 29.1. The van der Waals surface area contributed by atoms with Crippen LogP contribution >= 0.6 is 0 Å². The summed E-state index contributed by atoms with van der Waals surface area (Å²) in [5, 5.41) is 10.9. The van der Waals surface area contributed by atoms with E-state index < -0.39 is 5.60 Å². The smallest absolute Gasteiger partial charge is 0.135 e. The predicted molar refractivity (Wildman–Crippen MR) is 101 cm³/mol. The maximum Gasteiger partial charge on any atom is 0.135 e. The second-order valence-electron chi connectivity index (χ2n) is 7.68. The van der Waals surface area contributed by atoms with Gasteiger partial charge in [0, 0.05) is 37.7 Å². The van der Waals surface area contributed by atoms with Crippen LogP contribution in [0.25, 0.3) is 0 Å². The molecular weight excluding hydrogens is 326 g/mol. The summed E-state index contributed by atoms with van der Waals surface area (Å²) in [4.78, 5) is 11.6. The van der Waals surface area contributed by atoms with Crippen LogP contribution in [-0.2, 0) is 11.2 Å². The van der Waals surface area contributed by atoms with Gasteiger partial charge in [-0.25, -0.2) is 9.97 Å². The first-order chi connectivity index (χ1) is 12.6. The van der Waals surface area contributed by atoms with Crippen LogP contribution in [0.2, 0.25) is 0 Å². The van der Waals surface area contributed by atoms with Gasteiger partial charge < -0.3 is 14.7 Å². The molecule has 1 N–H and O–H groups in total. The summed E-state index contributed by atoms with van der Waals surface area (Å²) in [6.07, 6.45) is 5.48. The molecule has 0 radical (unpaired) electrons. The third-order valence-corrected chi connectivity index (χ3v) is 5.80. The molecule has 5 heteroatoms. The molecule has 2 fully saturated rings. The molecule has 0 spiro atoms. The molecule has 1 aromatic heterocycles. The number of benzene rings is 1. The Bertz CT molecular complexity index is 735. The quantitative estimate of drug-likeness (QED) is 0.916. The molecule has 0 amide bonds. The first-order valence-electron chi connectivity index (χ1n) is 9.56. The summed E-state index contributed by atoms with van der Waals surface area (Å²) >= 11 is 0. The lowest BCUT2D eigenvalue weighted by Gasteiger charge is -2.43. The van der Waals surface area contributed by atoms with E-state index in [-0.39, 0.29) is 12.0 Å². The van der Waals surface area contributed by atoms with Crippen molar-refractivity contribution in [1.29, 1.82) is 0 Å². The average Bonchev–Trinajstić information content (AvgIpc) is 3.12. The standard InChI is InChI=1S/C21H27N3O2/c1-21(25)10-13-26-15-17(21)18-8-5-12-24(18)20-9-11-22-19(23-20)14-16-6-3-2-4-7-16/h2-4,6-7,9,11,17-18,25H,5,8,10,12-15H2,1H3/t17-,18-,21+/m1/s1. The minimum Gasteiger partial charge on any atom is -0.390 e. The maximum absolute atomic E-state index is 10.9. The van der Waals surface area contributed by atoms with E-state index in [2.05, 4.69) is 22.0 Å². The monoisotopic (exact) mass is 353 g/mol. The van der Waals surface area contributed by atoms with Gasteiger partial charge in [0.25, 0.3) is 0 Å². The lowest BCUT2D eigenvalue weighted by Crippen LogP contribution is -2.52. The number of ether oxygens (including phenoxy) is 1. The zero-order valence-corrected chi connectivity index (χ0v) is 15.3. The fourth-order valence-corrected chi connectivity index (χ4v) is 4.29. The summed E-state index contributed by atoms with van der Waals surface area (Å²) in [5.74, 6) is 1.92. The van der Waals surface area contributed by atoms with Crippen LogP contribution in [-0.4, -0.2) is 46.5 Å². The van der Waals surface area contributed by atoms with Crippen molar-refractivity contribution < 1.29 is 9.84 Å². The van der Waals surface area contributed by atoms with Crippen molar-refractivity contribution in [1.82, 2.24) is 9.97 Å². The summed E-state index contributed by atoms with van der Waals surface area (Å²) < 4.78 is 5.70. The Morgan fingerprint density at radius 2 is 2.12 bits per heavy atom. The van der Waals surface area contributed by atoms with E-state index >= 15 is 0 Å². The highest BCUT2D eigenvalue weighted by Gasteiger charge is 2.44. The average molecular weight is 353 g/mol. The summed E-state index contributed by atoms with van der Waals surface area (Å²) in [6.45, 7) is 4.19. The van der Waals surface area contributed by atoms with Gasteiger partial charge in [0.05, 0.1) is 12.2 Å². The number of hydrogen-bond donors (Lipinski definition) is 1. The molecule has 0 unspecified atom stereocenters. The molecule has 2 aliphatic rings. The molecule has 3 heterocycles. The van der Waals surface area contributed by atoms with E-state index in [0.29, 0.717) is 19.6 Å². The number of aliphatic hydroxyl groups is 1. The Kier molecular flexibility index (Phi) is 4.92. The van der Waals surface area contributed by atoms with Crippen molar-refractivity contribution in [2.24, 2.45) is 5.92 Å². The fraction of sp³-hybridized carbons (Fsp3) is 0.524. The molecule has 0 saturated carbocycles. The molecule has 2 aromatic rings. The molecule has 2 aliphatic heterocycles. The molecule has 5 nitrogen and oxygen atoms in total. The van der Waals surface area contributed by atoms with Gasteiger partial charge in [0.1, 0.15) is 11.6 Å². The summed E-state index contributed by atoms with van der Waals surface area (Å²) in [7, 11) is 0. The topological polar surface area (TPSA) is 58.5 Å². The first kappa shape index (κ1) is 17.4. The third kappa shape index (κ3) is 3.60.